The molecule has 1 saturated carbocycles. The van der Waals surface area contributed by atoms with Gasteiger partial charge in [0.05, 0.1) is 5.92 Å². The van der Waals surface area contributed by atoms with Crippen molar-refractivity contribution in [2.45, 2.75) is 57.5 Å². The second-order valence-corrected chi connectivity index (χ2v) is 9.32. The Morgan fingerprint density at radius 3 is 2.24 bits per heavy atom. The molecule has 0 heterocycles. The fourth-order valence-corrected chi connectivity index (χ4v) is 5.18. The predicted octanol–water partition coefficient (Wildman–Crippen LogP) is 4.31. The second kappa shape index (κ2) is 10.3. The molecule has 0 saturated heterocycles. The summed E-state index contributed by atoms with van der Waals surface area (Å²) >= 11 is 0. The van der Waals surface area contributed by atoms with Gasteiger partial charge in [-0.3, -0.25) is 4.79 Å². The van der Waals surface area contributed by atoms with Crippen molar-refractivity contribution in [3.63, 3.8) is 0 Å². The number of carbonyl (C=O) groups is 3. The lowest BCUT2D eigenvalue weighted by atomic mass is 9.96. The predicted molar refractivity (Wildman–Crippen MR) is 128 cm³/mol. The van der Waals surface area contributed by atoms with E-state index in [1.165, 1.54) is 0 Å². The monoisotopic (exact) mass is 464 g/mol. The summed E-state index contributed by atoms with van der Waals surface area (Å²) in [5, 5.41) is 15.0. The van der Waals surface area contributed by atoms with Gasteiger partial charge >= 0.3 is 12.1 Å². The molecule has 3 N–H and O–H groups in total. The molecule has 7 nitrogen and oxygen atoms in total. The van der Waals surface area contributed by atoms with Crippen molar-refractivity contribution in [1.82, 2.24) is 10.6 Å². The first-order valence-corrected chi connectivity index (χ1v) is 12.0. The van der Waals surface area contributed by atoms with Crippen LogP contribution in [0.4, 0.5) is 4.79 Å². The Balaban J connectivity index is 1.37. The summed E-state index contributed by atoms with van der Waals surface area (Å²) < 4.78 is 5.63. The van der Waals surface area contributed by atoms with Gasteiger partial charge in [0.15, 0.2) is 0 Å². The number of alkyl carbamates (subject to hydrolysis) is 1. The maximum Gasteiger partial charge on any atom is 0.407 e. The molecule has 4 rings (SSSR count). The Hall–Kier alpha value is -3.35. The van der Waals surface area contributed by atoms with E-state index in [0.717, 1.165) is 28.7 Å². The lowest BCUT2D eigenvalue weighted by Crippen LogP contribution is -2.50. The average molecular weight is 465 g/mol. The lowest BCUT2D eigenvalue weighted by molar-refractivity contribution is -0.144. The number of hydrogen-bond donors (Lipinski definition) is 3. The van der Waals surface area contributed by atoms with Crippen LogP contribution in [0.2, 0.25) is 0 Å². The number of carboxylic acids is 1. The second-order valence-electron chi connectivity index (χ2n) is 9.32. The third kappa shape index (κ3) is 4.79. The number of amides is 2. The summed E-state index contributed by atoms with van der Waals surface area (Å²) in [7, 11) is 0. The molecule has 2 aromatic carbocycles. The third-order valence-corrected chi connectivity index (χ3v) is 7.28. The van der Waals surface area contributed by atoms with Crippen molar-refractivity contribution >= 4 is 18.0 Å². The Bertz CT molecular complexity index is 1020. The minimum absolute atomic E-state index is 0.0346. The quantitative estimate of drug-likeness (QED) is 0.540. The van der Waals surface area contributed by atoms with Gasteiger partial charge in [0.1, 0.15) is 12.6 Å². The zero-order chi connectivity index (χ0) is 24.2. The van der Waals surface area contributed by atoms with Crippen LogP contribution < -0.4 is 10.6 Å². The van der Waals surface area contributed by atoms with Gasteiger partial charge in [-0.25, -0.2) is 9.59 Å². The number of aliphatic carboxylic acids is 1. The van der Waals surface area contributed by atoms with Crippen LogP contribution in [0.25, 0.3) is 11.1 Å². The molecule has 1 fully saturated rings. The fraction of sp³-hybridized carbons (Fsp3) is 0.444. The van der Waals surface area contributed by atoms with Gasteiger partial charge in [0.2, 0.25) is 5.91 Å². The third-order valence-electron chi connectivity index (χ3n) is 7.28. The summed E-state index contributed by atoms with van der Waals surface area (Å²) in [4.78, 5) is 37.1. The highest BCUT2D eigenvalue weighted by Crippen LogP contribution is 2.44. The van der Waals surface area contributed by atoms with E-state index in [1.807, 2.05) is 31.2 Å². The van der Waals surface area contributed by atoms with Crippen molar-refractivity contribution in [3.8, 4) is 11.1 Å². The number of nitrogens with one attached hydrogen (secondary N) is 2. The van der Waals surface area contributed by atoms with E-state index < -0.39 is 24.0 Å². The largest absolute Gasteiger partial charge is 0.480 e. The molecule has 34 heavy (non-hydrogen) atoms. The maximum atomic E-state index is 12.8. The summed E-state index contributed by atoms with van der Waals surface area (Å²) in [6, 6.07) is 15.0. The van der Waals surface area contributed by atoms with E-state index >= 15 is 0 Å². The normalized spacial score (nSPS) is 20.6. The van der Waals surface area contributed by atoms with Crippen LogP contribution in [0.5, 0.6) is 0 Å². The molecule has 2 amide bonds. The van der Waals surface area contributed by atoms with Gasteiger partial charge < -0.3 is 20.5 Å². The van der Waals surface area contributed by atoms with E-state index in [2.05, 4.69) is 34.9 Å². The molecule has 0 radical (unpaired) electrons. The standard InChI is InChI=1S/C27H32N2O5/c1-3-16(2)24(26(31)32)29-25(30)21-13-8-14-23(21)28-27(33)34-15-22-19-11-6-4-9-17(19)18-10-5-7-12-20(18)22/h4-7,9-12,16,21-24H,3,8,13-15H2,1-2H3,(H,28,33)(H,29,30)(H,31,32)/t16?,21?,23?,24-/m0/s1. The summed E-state index contributed by atoms with van der Waals surface area (Å²) in [5.41, 5.74) is 4.60. The number of rotatable bonds is 8. The van der Waals surface area contributed by atoms with E-state index in [1.54, 1.807) is 6.92 Å². The van der Waals surface area contributed by atoms with Crippen LogP contribution in [0.15, 0.2) is 48.5 Å². The van der Waals surface area contributed by atoms with Crippen LogP contribution >= 0.6 is 0 Å². The highest BCUT2D eigenvalue weighted by atomic mass is 16.5. The molecule has 0 aromatic heterocycles. The maximum absolute atomic E-state index is 12.8. The Morgan fingerprint density at radius 1 is 1.03 bits per heavy atom. The molecule has 0 spiro atoms. The van der Waals surface area contributed by atoms with Gasteiger partial charge in [0, 0.05) is 12.0 Å². The number of ether oxygens (including phenoxy) is 1. The zero-order valence-electron chi connectivity index (χ0n) is 19.6. The first kappa shape index (κ1) is 23.8. The fourth-order valence-electron chi connectivity index (χ4n) is 5.18. The van der Waals surface area contributed by atoms with Crippen molar-refractivity contribution in [1.29, 1.82) is 0 Å². The highest BCUT2D eigenvalue weighted by molar-refractivity contribution is 5.86. The van der Waals surface area contributed by atoms with Crippen molar-refractivity contribution in [3.05, 3.63) is 59.7 Å². The summed E-state index contributed by atoms with van der Waals surface area (Å²) in [6.45, 7) is 3.91. The molecule has 2 aliphatic rings. The summed E-state index contributed by atoms with van der Waals surface area (Å²) in [5.74, 6) is -2.05. The lowest BCUT2D eigenvalue weighted by Gasteiger charge is -2.25. The van der Waals surface area contributed by atoms with E-state index in [0.29, 0.717) is 19.3 Å². The molecule has 7 heteroatoms. The Labute approximate surface area is 199 Å². The Kier molecular flexibility index (Phi) is 7.20. The minimum Gasteiger partial charge on any atom is -0.480 e. The van der Waals surface area contributed by atoms with Crippen molar-refractivity contribution in [2.24, 2.45) is 11.8 Å². The molecule has 2 aromatic rings. The Morgan fingerprint density at radius 2 is 1.65 bits per heavy atom. The van der Waals surface area contributed by atoms with Gasteiger partial charge in [-0.15, -0.1) is 0 Å². The van der Waals surface area contributed by atoms with Crippen LogP contribution in [-0.2, 0) is 14.3 Å². The molecule has 0 bridgehead atoms. The summed E-state index contributed by atoms with van der Waals surface area (Å²) in [6.07, 6.45) is 2.14. The van der Waals surface area contributed by atoms with E-state index in [4.69, 9.17) is 4.74 Å². The number of hydrogen-bond acceptors (Lipinski definition) is 4. The molecule has 4 atom stereocenters. The topological polar surface area (TPSA) is 105 Å². The number of carbonyl (C=O) groups excluding carboxylic acids is 2. The molecule has 2 aliphatic carbocycles. The van der Waals surface area contributed by atoms with Gasteiger partial charge in [0.25, 0.3) is 0 Å². The smallest absolute Gasteiger partial charge is 0.407 e. The number of fused-ring (bicyclic) bond motifs is 3. The first-order chi connectivity index (χ1) is 16.4. The van der Waals surface area contributed by atoms with Crippen LogP contribution in [-0.4, -0.2) is 41.8 Å². The first-order valence-electron chi connectivity index (χ1n) is 12.0. The molecular formula is C27H32N2O5. The van der Waals surface area contributed by atoms with Gasteiger partial charge in [-0.2, -0.15) is 0 Å². The van der Waals surface area contributed by atoms with E-state index in [9.17, 15) is 19.5 Å². The minimum atomic E-state index is -1.04. The molecular weight excluding hydrogens is 432 g/mol. The molecule has 3 unspecified atom stereocenters. The van der Waals surface area contributed by atoms with Gasteiger partial charge in [-0.05, 0) is 41.0 Å². The number of carboxylic acid groups (broad SMARTS) is 1. The average Bonchev–Trinajstić information content (AvgIpc) is 3.43. The highest BCUT2D eigenvalue weighted by Gasteiger charge is 2.37. The van der Waals surface area contributed by atoms with Crippen LogP contribution in [0.3, 0.4) is 0 Å². The van der Waals surface area contributed by atoms with E-state index in [-0.39, 0.29) is 30.4 Å². The van der Waals surface area contributed by atoms with Crippen molar-refractivity contribution < 1.29 is 24.2 Å². The zero-order valence-corrected chi connectivity index (χ0v) is 19.6. The SMILES string of the molecule is CCC(C)[C@H](NC(=O)C1CCCC1NC(=O)OCC1c2ccccc2-c2ccccc21)C(=O)O. The van der Waals surface area contributed by atoms with Crippen LogP contribution in [0, 0.1) is 11.8 Å². The van der Waals surface area contributed by atoms with Crippen molar-refractivity contribution in [2.75, 3.05) is 6.61 Å². The van der Waals surface area contributed by atoms with Crippen LogP contribution in [0.1, 0.15) is 56.6 Å². The molecule has 0 aliphatic heterocycles. The number of benzene rings is 2. The molecule has 180 valence electrons. The van der Waals surface area contributed by atoms with Gasteiger partial charge in [-0.1, -0.05) is 75.2 Å².